The normalized spacial score (nSPS) is 53.4. The van der Waals surface area contributed by atoms with Crippen molar-refractivity contribution in [3.8, 4) is 0 Å². The fraction of sp³-hybridized carbons (Fsp3) is 0.800. The first kappa shape index (κ1) is 9.22. The van der Waals surface area contributed by atoms with E-state index in [0.29, 0.717) is 5.75 Å². The first-order valence-corrected chi connectivity index (χ1v) is 7.18. The molecular formula is C10H13ClO2S. The molecule has 2 fully saturated rings. The van der Waals surface area contributed by atoms with E-state index in [0.717, 1.165) is 25.7 Å². The van der Waals surface area contributed by atoms with Crippen molar-refractivity contribution in [3.63, 3.8) is 0 Å². The SMILES string of the molecule is O=S1(=O)C[C@@]23CC=CC[C@]2(CC3)[C@H]1Cl. The number of sulfone groups is 1. The van der Waals surface area contributed by atoms with Crippen molar-refractivity contribution in [2.24, 2.45) is 10.8 Å². The second-order valence-corrected chi connectivity index (χ2v) is 7.72. The maximum absolute atomic E-state index is 11.8. The maximum atomic E-state index is 11.8. The molecule has 0 aromatic carbocycles. The molecule has 0 radical (unpaired) electrons. The summed E-state index contributed by atoms with van der Waals surface area (Å²) in [5.41, 5.74) is -0.102. The van der Waals surface area contributed by atoms with Gasteiger partial charge in [-0.25, -0.2) is 8.42 Å². The molecule has 2 aliphatic carbocycles. The van der Waals surface area contributed by atoms with Gasteiger partial charge in [0.25, 0.3) is 0 Å². The molecular weight excluding hydrogens is 220 g/mol. The minimum absolute atomic E-state index is 0.00694. The van der Waals surface area contributed by atoms with E-state index >= 15 is 0 Å². The summed E-state index contributed by atoms with van der Waals surface area (Å²) in [6.45, 7) is 0. The summed E-state index contributed by atoms with van der Waals surface area (Å²) in [6.07, 6.45) is 8.04. The second-order valence-electron chi connectivity index (χ2n) is 4.94. The Morgan fingerprint density at radius 1 is 1.21 bits per heavy atom. The van der Waals surface area contributed by atoms with E-state index in [1.54, 1.807) is 0 Å². The van der Waals surface area contributed by atoms with Crippen LogP contribution in [0.2, 0.25) is 0 Å². The van der Waals surface area contributed by atoms with Crippen molar-refractivity contribution in [1.82, 2.24) is 0 Å². The summed E-state index contributed by atoms with van der Waals surface area (Å²) in [5.74, 6) is 0.318. The number of hydrogen-bond acceptors (Lipinski definition) is 2. The lowest BCUT2D eigenvalue weighted by Gasteiger charge is -2.57. The molecule has 0 aromatic heterocycles. The Bertz CT molecular complexity index is 414. The number of alkyl halides is 1. The third kappa shape index (κ3) is 0.782. The van der Waals surface area contributed by atoms with Gasteiger partial charge in [-0.2, -0.15) is 0 Å². The molecule has 3 atom stereocenters. The van der Waals surface area contributed by atoms with Crippen molar-refractivity contribution < 1.29 is 8.42 Å². The third-order valence-electron chi connectivity index (χ3n) is 4.49. The fourth-order valence-corrected chi connectivity index (χ4v) is 6.79. The lowest BCUT2D eigenvalue weighted by atomic mass is 9.47. The molecule has 0 spiro atoms. The highest BCUT2D eigenvalue weighted by Crippen LogP contribution is 2.71. The van der Waals surface area contributed by atoms with Gasteiger partial charge in [0.2, 0.25) is 0 Å². The smallest absolute Gasteiger partial charge is 0.168 e. The van der Waals surface area contributed by atoms with E-state index in [4.69, 9.17) is 11.6 Å². The maximum Gasteiger partial charge on any atom is 0.168 e. The molecule has 0 amide bonds. The van der Waals surface area contributed by atoms with Gasteiger partial charge < -0.3 is 0 Å². The van der Waals surface area contributed by atoms with E-state index in [1.807, 2.05) is 0 Å². The van der Waals surface area contributed by atoms with Crippen molar-refractivity contribution >= 4 is 21.4 Å². The highest BCUT2D eigenvalue weighted by molar-refractivity contribution is 7.93. The average molecular weight is 233 g/mol. The molecule has 1 saturated carbocycles. The molecule has 0 unspecified atom stereocenters. The third-order valence-corrected chi connectivity index (χ3v) is 7.76. The van der Waals surface area contributed by atoms with Crippen LogP contribution < -0.4 is 0 Å². The number of hydrogen-bond donors (Lipinski definition) is 0. The predicted octanol–water partition coefficient (Wildman–Crippen LogP) is 2.10. The Balaban J connectivity index is 2.16. The largest absolute Gasteiger partial charge is 0.227 e. The Morgan fingerprint density at radius 2 is 1.93 bits per heavy atom. The van der Waals surface area contributed by atoms with E-state index in [9.17, 15) is 8.42 Å². The van der Waals surface area contributed by atoms with Gasteiger partial charge in [-0.05, 0) is 31.1 Å². The Hall–Kier alpha value is -0.0200. The van der Waals surface area contributed by atoms with Gasteiger partial charge in [0.15, 0.2) is 9.84 Å². The van der Waals surface area contributed by atoms with Crippen molar-refractivity contribution in [2.75, 3.05) is 5.75 Å². The highest BCUT2D eigenvalue weighted by atomic mass is 35.5. The van der Waals surface area contributed by atoms with E-state index < -0.39 is 14.5 Å². The summed E-state index contributed by atoms with van der Waals surface area (Å²) in [5, 5.41) is 0. The van der Waals surface area contributed by atoms with E-state index in [-0.39, 0.29) is 10.8 Å². The van der Waals surface area contributed by atoms with Gasteiger partial charge in [-0.1, -0.05) is 12.2 Å². The predicted molar refractivity (Wildman–Crippen MR) is 55.9 cm³/mol. The summed E-state index contributed by atoms with van der Waals surface area (Å²) in [7, 11) is -3.04. The topological polar surface area (TPSA) is 34.1 Å². The number of halogens is 1. The zero-order chi connectivity index (χ0) is 10.0. The molecule has 3 rings (SSSR count). The summed E-state index contributed by atoms with van der Waals surface area (Å²) >= 11 is 6.14. The summed E-state index contributed by atoms with van der Waals surface area (Å²) in [6, 6.07) is 0. The number of rotatable bonds is 0. The van der Waals surface area contributed by atoms with Crippen molar-refractivity contribution in [1.29, 1.82) is 0 Å². The van der Waals surface area contributed by atoms with Gasteiger partial charge in [0.05, 0.1) is 5.75 Å². The zero-order valence-corrected chi connectivity index (χ0v) is 9.44. The molecule has 14 heavy (non-hydrogen) atoms. The molecule has 0 N–H and O–H groups in total. The summed E-state index contributed by atoms with van der Waals surface area (Å²) < 4.78 is 23.0. The highest BCUT2D eigenvalue weighted by Gasteiger charge is 2.71. The van der Waals surface area contributed by atoms with Crippen LogP contribution in [0.15, 0.2) is 12.2 Å². The van der Waals surface area contributed by atoms with Crippen LogP contribution in [-0.2, 0) is 9.84 Å². The van der Waals surface area contributed by atoms with Crippen LogP contribution in [0.5, 0.6) is 0 Å². The second kappa shape index (κ2) is 2.38. The lowest BCUT2D eigenvalue weighted by molar-refractivity contribution is -0.0400. The zero-order valence-electron chi connectivity index (χ0n) is 7.87. The van der Waals surface area contributed by atoms with Gasteiger partial charge >= 0.3 is 0 Å². The van der Waals surface area contributed by atoms with Crippen LogP contribution in [0.25, 0.3) is 0 Å². The molecule has 0 bridgehead atoms. The van der Waals surface area contributed by atoms with Crippen molar-refractivity contribution in [2.45, 2.75) is 30.4 Å². The quantitative estimate of drug-likeness (QED) is 0.474. The molecule has 78 valence electrons. The molecule has 2 nitrogen and oxygen atoms in total. The van der Waals surface area contributed by atoms with Crippen LogP contribution in [0.4, 0.5) is 0 Å². The van der Waals surface area contributed by atoms with Crippen LogP contribution in [0.1, 0.15) is 25.7 Å². The average Bonchev–Trinajstić information content (AvgIpc) is 2.23. The molecule has 3 aliphatic rings. The lowest BCUT2D eigenvalue weighted by Crippen LogP contribution is -2.53. The van der Waals surface area contributed by atoms with Gasteiger partial charge in [0, 0.05) is 5.41 Å². The molecule has 1 aliphatic heterocycles. The van der Waals surface area contributed by atoms with Crippen LogP contribution >= 0.6 is 11.6 Å². The van der Waals surface area contributed by atoms with Crippen molar-refractivity contribution in [3.05, 3.63) is 12.2 Å². The van der Waals surface area contributed by atoms with Gasteiger partial charge in [-0.15, -0.1) is 11.6 Å². The monoisotopic (exact) mass is 232 g/mol. The molecule has 0 aromatic rings. The first-order chi connectivity index (χ1) is 6.53. The first-order valence-electron chi connectivity index (χ1n) is 5.03. The van der Waals surface area contributed by atoms with Crippen LogP contribution in [0, 0.1) is 10.8 Å². The van der Waals surface area contributed by atoms with Gasteiger partial charge in [-0.3, -0.25) is 0 Å². The molecule has 1 heterocycles. The van der Waals surface area contributed by atoms with Crippen LogP contribution in [-0.4, -0.2) is 18.9 Å². The Kier molecular flexibility index (Phi) is 1.57. The Labute approximate surface area is 89.2 Å². The Morgan fingerprint density at radius 3 is 2.50 bits per heavy atom. The van der Waals surface area contributed by atoms with E-state index in [1.165, 1.54) is 0 Å². The van der Waals surface area contributed by atoms with E-state index in [2.05, 4.69) is 12.2 Å². The minimum Gasteiger partial charge on any atom is -0.227 e. The molecule has 1 saturated heterocycles. The van der Waals surface area contributed by atoms with Gasteiger partial charge in [0.1, 0.15) is 4.71 Å². The standard InChI is InChI=1S/C10H13ClO2S/c11-8-10-4-2-1-3-9(10,5-6-10)7-14(8,12)13/h1-2,8H,3-7H2/t8-,9-,10-/m0/s1. The number of allylic oxidation sites excluding steroid dienone is 2. The van der Waals surface area contributed by atoms with Crippen LogP contribution in [0.3, 0.4) is 0 Å². The fourth-order valence-electron chi connectivity index (χ4n) is 3.55. The molecule has 4 heteroatoms. The summed E-state index contributed by atoms with van der Waals surface area (Å²) in [4.78, 5) is 0. The minimum atomic E-state index is -3.04.